The fourth-order valence-corrected chi connectivity index (χ4v) is 3.86. The monoisotopic (exact) mass is 349 g/mol. The Morgan fingerprint density at radius 2 is 2.38 bits per heavy atom. The second kappa shape index (κ2) is 7.92. The van der Waals surface area contributed by atoms with Crippen molar-refractivity contribution in [3.63, 3.8) is 0 Å². The number of carbonyl (C=O) groups is 1. The van der Waals surface area contributed by atoms with Gasteiger partial charge in [-0.25, -0.2) is 4.98 Å². The van der Waals surface area contributed by atoms with Crippen LogP contribution < -0.4 is 0 Å². The third kappa shape index (κ3) is 4.43. The molecule has 1 aliphatic heterocycles. The number of oxazole rings is 1. The Bertz CT molecular complexity index is 656. The summed E-state index contributed by atoms with van der Waals surface area (Å²) in [5.41, 5.74) is 0.954. The molecule has 0 amide bonds. The Labute approximate surface area is 145 Å². The van der Waals surface area contributed by atoms with Crippen LogP contribution in [0.2, 0.25) is 0 Å². The smallest absolute Gasteiger partial charge is 0.317 e. The van der Waals surface area contributed by atoms with Crippen molar-refractivity contribution < 1.29 is 14.3 Å². The first-order chi connectivity index (χ1) is 11.6. The van der Waals surface area contributed by atoms with Gasteiger partial charge in [0.25, 0.3) is 0 Å². The second-order valence-corrected chi connectivity index (χ2v) is 7.24. The average Bonchev–Trinajstić information content (AvgIpc) is 3.15. The second-order valence-electron chi connectivity index (χ2n) is 6.29. The summed E-state index contributed by atoms with van der Waals surface area (Å²) in [4.78, 5) is 20.8. The Morgan fingerprint density at radius 3 is 3.12 bits per heavy atom. The van der Waals surface area contributed by atoms with Gasteiger partial charge in [0.15, 0.2) is 0 Å². The highest BCUT2D eigenvalue weighted by Gasteiger charge is 2.22. The van der Waals surface area contributed by atoms with E-state index in [2.05, 4.69) is 9.88 Å². The van der Waals surface area contributed by atoms with Crippen LogP contribution in [0.5, 0.6) is 0 Å². The van der Waals surface area contributed by atoms with E-state index in [9.17, 15) is 4.79 Å². The Morgan fingerprint density at radius 1 is 1.50 bits per heavy atom. The molecule has 130 valence electrons. The summed E-state index contributed by atoms with van der Waals surface area (Å²) >= 11 is 1.62. The van der Waals surface area contributed by atoms with Crippen molar-refractivity contribution in [3.8, 4) is 10.8 Å². The van der Waals surface area contributed by atoms with Gasteiger partial charge in [-0.15, -0.1) is 11.3 Å². The van der Waals surface area contributed by atoms with Crippen LogP contribution in [0.1, 0.15) is 25.0 Å². The molecule has 1 atom stereocenters. The summed E-state index contributed by atoms with van der Waals surface area (Å²) in [5.74, 6) is -0.0730. The quantitative estimate of drug-likeness (QED) is 0.865. The summed E-state index contributed by atoms with van der Waals surface area (Å²) in [6, 6.07) is 4.34. The molecule has 3 rings (SSSR count). The zero-order chi connectivity index (χ0) is 16.9. The number of likely N-dealkylation sites (N-methyl/N-ethyl adjacent to an activating group) is 1. The van der Waals surface area contributed by atoms with Gasteiger partial charge in [0.05, 0.1) is 17.1 Å². The molecule has 1 fully saturated rings. The standard InChI is InChI=1S/C17H23N3O3S/c1-19(11-16(21)22)14-4-2-7-20(8-6-14)10-13-12-23-17(18-13)15-5-3-9-24-15/h3,5,9,12,14H,2,4,6-8,10-11H2,1H3,(H,21,22). The number of thiophene rings is 1. The molecule has 1 N–H and O–H groups in total. The zero-order valence-corrected chi connectivity index (χ0v) is 14.7. The summed E-state index contributed by atoms with van der Waals surface area (Å²) in [5, 5.41) is 11.0. The molecule has 1 unspecified atom stereocenters. The van der Waals surface area contributed by atoms with Crippen LogP contribution in [-0.4, -0.2) is 58.6 Å². The molecule has 1 aliphatic rings. The normalized spacial score (nSPS) is 19.5. The molecule has 0 spiro atoms. The van der Waals surface area contributed by atoms with Gasteiger partial charge in [0.2, 0.25) is 5.89 Å². The lowest BCUT2D eigenvalue weighted by Crippen LogP contribution is -2.36. The molecule has 0 aliphatic carbocycles. The third-order valence-electron chi connectivity index (χ3n) is 4.47. The number of aliphatic carboxylic acids is 1. The molecule has 0 saturated carbocycles. The first-order valence-electron chi connectivity index (χ1n) is 8.24. The zero-order valence-electron chi connectivity index (χ0n) is 13.9. The van der Waals surface area contributed by atoms with Crippen LogP contribution in [0, 0.1) is 0 Å². The molecule has 1 saturated heterocycles. The SMILES string of the molecule is CN(CC(=O)O)C1CCCN(Cc2coc(-c3cccs3)n2)CC1. The fraction of sp³-hybridized carbons (Fsp3) is 0.529. The summed E-state index contributed by atoms with van der Waals surface area (Å²) < 4.78 is 5.58. The number of nitrogens with zero attached hydrogens (tertiary/aromatic N) is 3. The minimum atomic E-state index is -0.762. The van der Waals surface area contributed by atoms with Crippen molar-refractivity contribution in [2.75, 3.05) is 26.7 Å². The number of rotatable bonds is 6. The first-order valence-corrected chi connectivity index (χ1v) is 9.12. The van der Waals surface area contributed by atoms with E-state index in [1.54, 1.807) is 17.6 Å². The van der Waals surface area contributed by atoms with E-state index in [1.807, 2.05) is 29.5 Å². The van der Waals surface area contributed by atoms with Gasteiger partial charge in [-0.3, -0.25) is 14.6 Å². The molecule has 2 aromatic rings. The molecule has 0 radical (unpaired) electrons. The van der Waals surface area contributed by atoms with Crippen molar-refractivity contribution >= 4 is 17.3 Å². The largest absolute Gasteiger partial charge is 0.480 e. The highest BCUT2D eigenvalue weighted by atomic mass is 32.1. The van der Waals surface area contributed by atoms with Gasteiger partial charge < -0.3 is 9.52 Å². The van der Waals surface area contributed by atoms with Crippen LogP contribution in [0.4, 0.5) is 0 Å². The van der Waals surface area contributed by atoms with Gasteiger partial charge in [-0.05, 0) is 44.3 Å². The van der Waals surface area contributed by atoms with Crippen LogP contribution in [-0.2, 0) is 11.3 Å². The predicted molar refractivity (Wildman–Crippen MR) is 93.0 cm³/mol. The van der Waals surface area contributed by atoms with Gasteiger partial charge in [0.1, 0.15) is 6.26 Å². The molecule has 0 aromatic carbocycles. The number of carboxylic acids is 1. The van der Waals surface area contributed by atoms with Crippen LogP contribution in [0.15, 0.2) is 28.2 Å². The molecule has 7 heteroatoms. The van der Waals surface area contributed by atoms with Crippen molar-refractivity contribution in [2.45, 2.75) is 31.8 Å². The van der Waals surface area contributed by atoms with Crippen molar-refractivity contribution in [1.82, 2.24) is 14.8 Å². The van der Waals surface area contributed by atoms with Crippen LogP contribution in [0.25, 0.3) is 10.8 Å². The van der Waals surface area contributed by atoms with Gasteiger partial charge in [0, 0.05) is 19.1 Å². The van der Waals surface area contributed by atoms with E-state index in [0.29, 0.717) is 11.9 Å². The topological polar surface area (TPSA) is 69.8 Å². The van der Waals surface area contributed by atoms with Gasteiger partial charge in [-0.2, -0.15) is 0 Å². The highest BCUT2D eigenvalue weighted by Crippen LogP contribution is 2.24. The van der Waals surface area contributed by atoms with Crippen molar-refractivity contribution in [3.05, 3.63) is 29.5 Å². The Kier molecular flexibility index (Phi) is 5.65. The molecule has 6 nitrogen and oxygen atoms in total. The van der Waals surface area contributed by atoms with E-state index in [1.165, 1.54) is 0 Å². The lowest BCUT2D eigenvalue weighted by molar-refractivity contribution is -0.138. The first kappa shape index (κ1) is 17.1. The minimum absolute atomic E-state index is 0.109. The number of carboxylic acid groups (broad SMARTS) is 1. The van der Waals surface area contributed by atoms with Crippen LogP contribution in [0.3, 0.4) is 0 Å². The maximum absolute atomic E-state index is 10.9. The number of hydrogen-bond acceptors (Lipinski definition) is 6. The molecular formula is C17H23N3O3S. The molecular weight excluding hydrogens is 326 g/mol. The van der Waals surface area contributed by atoms with Crippen molar-refractivity contribution in [1.29, 1.82) is 0 Å². The van der Waals surface area contributed by atoms with E-state index in [0.717, 1.165) is 49.5 Å². The maximum Gasteiger partial charge on any atom is 0.317 e. The van der Waals surface area contributed by atoms with E-state index in [-0.39, 0.29) is 6.54 Å². The number of likely N-dealkylation sites (tertiary alicyclic amines) is 1. The van der Waals surface area contributed by atoms with E-state index < -0.39 is 5.97 Å². The number of aromatic nitrogens is 1. The summed E-state index contributed by atoms with van der Waals surface area (Å²) in [7, 11) is 1.90. The van der Waals surface area contributed by atoms with E-state index >= 15 is 0 Å². The minimum Gasteiger partial charge on any atom is -0.480 e. The molecule has 24 heavy (non-hydrogen) atoms. The molecule has 3 heterocycles. The average molecular weight is 349 g/mol. The molecule has 2 aromatic heterocycles. The van der Waals surface area contributed by atoms with Gasteiger partial charge >= 0.3 is 5.97 Å². The fourth-order valence-electron chi connectivity index (χ4n) is 3.20. The Hall–Kier alpha value is -1.70. The lowest BCUT2D eigenvalue weighted by atomic mass is 10.1. The maximum atomic E-state index is 10.9. The van der Waals surface area contributed by atoms with Crippen molar-refractivity contribution in [2.24, 2.45) is 0 Å². The number of hydrogen-bond donors (Lipinski definition) is 1. The Balaban J connectivity index is 1.54. The van der Waals surface area contributed by atoms with Gasteiger partial charge in [-0.1, -0.05) is 6.07 Å². The van der Waals surface area contributed by atoms with E-state index in [4.69, 9.17) is 9.52 Å². The van der Waals surface area contributed by atoms with Crippen LogP contribution >= 0.6 is 11.3 Å². The third-order valence-corrected chi connectivity index (χ3v) is 5.33. The highest BCUT2D eigenvalue weighted by molar-refractivity contribution is 7.13. The predicted octanol–water partition coefficient (Wildman–Crippen LogP) is 2.77. The summed E-state index contributed by atoms with van der Waals surface area (Å²) in [6.45, 7) is 2.86. The molecule has 0 bridgehead atoms. The summed E-state index contributed by atoms with van der Waals surface area (Å²) in [6.07, 6.45) is 4.84. The lowest BCUT2D eigenvalue weighted by Gasteiger charge is -2.25.